The van der Waals surface area contributed by atoms with Crippen molar-refractivity contribution in [2.24, 2.45) is 0 Å². The second-order valence-electron chi connectivity index (χ2n) is 7.03. The van der Waals surface area contributed by atoms with Gasteiger partial charge in [0, 0.05) is 46.0 Å². The van der Waals surface area contributed by atoms with Crippen LogP contribution in [0.3, 0.4) is 0 Å². The summed E-state index contributed by atoms with van der Waals surface area (Å²) in [6, 6.07) is 10.6. The van der Waals surface area contributed by atoms with E-state index < -0.39 is 0 Å². The molecule has 0 aliphatic heterocycles. The predicted molar refractivity (Wildman–Crippen MR) is 117 cm³/mol. The summed E-state index contributed by atoms with van der Waals surface area (Å²) in [7, 11) is 0. The number of halogens is 1. The quantitative estimate of drug-likeness (QED) is 0.362. The Morgan fingerprint density at radius 1 is 0.903 bits per heavy atom. The molecule has 6 aromatic rings. The Labute approximate surface area is 178 Å². The van der Waals surface area contributed by atoms with Gasteiger partial charge in [-0.1, -0.05) is 0 Å². The molecule has 3 N–H and O–H groups in total. The van der Waals surface area contributed by atoms with E-state index >= 15 is 0 Å². The zero-order valence-electron chi connectivity index (χ0n) is 15.8. The summed E-state index contributed by atoms with van der Waals surface area (Å²) in [5, 5.41) is 18.6. The largest absolute Gasteiger partial charge is 0.506 e. The second-order valence-corrected chi connectivity index (χ2v) is 8.07. The molecule has 6 rings (SSSR count). The van der Waals surface area contributed by atoms with E-state index in [9.17, 15) is 9.50 Å². The lowest BCUT2D eigenvalue weighted by molar-refractivity contribution is 0.473. The number of nitrogens with zero attached hydrogens (tertiary/aromatic N) is 4. The predicted octanol–water partition coefficient (Wildman–Crippen LogP) is 5.14. The standard InChI is InChI=1S/C22H13FN6OS/c23-19-2-1-18(31-19)21-14-7-17(27-16(14)3-4-25-21)20-15-6-12(9-26-22(15)29-28-20)11-5-13(30)10-24-8-11/h1-10,27,30H,(H,26,28,29). The Hall–Kier alpha value is -4.11. The number of aromatic hydroxyl groups is 1. The summed E-state index contributed by atoms with van der Waals surface area (Å²) in [6.45, 7) is 0. The topological polar surface area (TPSA) is 103 Å². The average molecular weight is 428 g/mol. The first kappa shape index (κ1) is 17.7. The fraction of sp³-hybridized carbons (Fsp3) is 0. The molecule has 0 fully saturated rings. The van der Waals surface area contributed by atoms with E-state index in [0.717, 1.165) is 55.0 Å². The van der Waals surface area contributed by atoms with Crippen LogP contribution in [0.1, 0.15) is 0 Å². The zero-order valence-corrected chi connectivity index (χ0v) is 16.6. The Balaban J connectivity index is 1.51. The van der Waals surface area contributed by atoms with Gasteiger partial charge in [0.15, 0.2) is 10.8 Å². The first-order chi connectivity index (χ1) is 15.2. The molecule has 150 valence electrons. The number of aromatic amines is 2. The molecule has 0 bridgehead atoms. The van der Waals surface area contributed by atoms with Gasteiger partial charge in [0.05, 0.1) is 22.5 Å². The molecule has 0 amide bonds. The molecule has 7 nitrogen and oxygen atoms in total. The Bertz CT molecular complexity index is 1580. The molecular formula is C22H13FN6OS. The highest BCUT2D eigenvalue weighted by Crippen LogP contribution is 2.35. The third kappa shape index (κ3) is 2.94. The summed E-state index contributed by atoms with van der Waals surface area (Å²) in [5.74, 6) is 0.0886. The highest BCUT2D eigenvalue weighted by Gasteiger charge is 2.16. The molecule has 6 aromatic heterocycles. The highest BCUT2D eigenvalue weighted by molar-refractivity contribution is 7.13. The summed E-state index contributed by atoms with van der Waals surface area (Å²) >= 11 is 1.06. The van der Waals surface area contributed by atoms with Gasteiger partial charge in [-0.25, -0.2) is 4.98 Å². The Morgan fingerprint density at radius 3 is 2.65 bits per heavy atom. The van der Waals surface area contributed by atoms with Crippen LogP contribution >= 0.6 is 11.3 Å². The van der Waals surface area contributed by atoms with Gasteiger partial charge in [-0.3, -0.25) is 15.1 Å². The Morgan fingerprint density at radius 2 is 1.81 bits per heavy atom. The number of hydrogen-bond acceptors (Lipinski definition) is 6. The molecule has 0 aliphatic rings. The molecule has 0 saturated heterocycles. The zero-order chi connectivity index (χ0) is 20.9. The van der Waals surface area contributed by atoms with Crippen LogP contribution in [0.2, 0.25) is 0 Å². The van der Waals surface area contributed by atoms with Crippen LogP contribution in [0.15, 0.2) is 61.2 Å². The minimum atomic E-state index is -0.247. The van der Waals surface area contributed by atoms with Gasteiger partial charge in [-0.15, -0.1) is 11.3 Å². The molecule has 6 heterocycles. The molecular weight excluding hydrogens is 415 g/mol. The molecule has 0 spiro atoms. The van der Waals surface area contributed by atoms with Gasteiger partial charge in [-0.05, 0) is 36.4 Å². The van der Waals surface area contributed by atoms with Crippen LogP contribution in [0.4, 0.5) is 4.39 Å². The van der Waals surface area contributed by atoms with Crippen molar-refractivity contribution >= 4 is 33.3 Å². The van der Waals surface area contributed by atoms with Gasteiger partial charge in [0.25, 0.3) is 0 Å². The van der Waals surface area contributed by atoms with Gasteiger partial charge in [0.1, 0.15) is 11.4 Å². The van der Waals surface area contributed by atoms with Gasteiger partial charge < -0.3 is 10.1 Å². The second kappa shape index (κ2) is 6.71. The number of H-pyrrole nitrogens is 2. The lowest BCUT2D eigenvalue weighted by atomic mass is 10.1. The number of hydrogen-bond donors (Lipinski definition) is 3. The number of thiophene rings is 1. The number of rotatable bonds is 3. The molecule has 0 unspecified atom stereocenters. The van der Waals surface area contributed by atoms with E-state index in [1.165, 1.54) is 12.3 Å². The van der Waals surface area contributed by atoms with Crippen molar-refractivity contribution in [1.82, 2.24) is 30.1 Å². The minimum Gasteiger partial charge on any atom is -0.506 e. The third-order valence-electron chi connectivity index (χ3n) is 5.08. The van der Waals surface area contributed by atoms with E-state index in [-0.39, 0.29) is 10.9 Å². The summed E-state index contributed by atoms with van der Waals surface area (Å²) in [6.07, 6.45) is 6.46. The van der Waals surface area contributed by atoms with Crippen LogP contribution in [0, 0.1) is 5.13 Å². The van der Waals surface area contributed by atoms with Crippen LogP contribution in [-0.2, 0) is 0 Å². The molecule has 0 radical (unpaired) electrons. The van der Waals surface area contributed by atoms with Gasteiger partial charge in [-0.2, -0.15) is 9.49 Å². The van der Waals surface area contributed by atoms with E-state index in [1.54, 1.807) is 30.7 Å². The third-order valence-corrected chi connectivity index (χ3v) is 5.96. The molecule has 0 aromatic carbocycles. The summed E-state index contributed by atoms with van der Waals surface area (Å²) in [5.41, 5.74) is 5.31. The summed E-state index contributed by atoms with van der Waals surface area (Å²) in [4.78, 5) is 17.1. The van der Waals surface area contributed by atoms with E-state index in [2.05, 4.69) is 30.1 Å². The van der Waals surface area contributed by atoms with Crippen LogP contribution < -0.4 is 0 Å². The van der Waals surface area contributed by atoms with Crippen molar-refractivity contribution in [3.05, 3.63) is 66.3 Å². The lowest BCUT2D eigenvalue weighted by Gasteiger charge is -2.02. The van der Waals surface area contributed by atoms with E-state index in [1.807, 2.05) is 18.2 Å². The maximum atomic E-state index is 13.6. The molecule has 0 aliphatic carbocycles. The van der Waals surface area contributed by atoms with Crippen molar-refractivity contribution in [2.45, 2.75) is 0 Å². The van der Waals surface area contributed by atoms with Crippen molar-refractivity contribution in [3.63, 3.8) is 0 Å². The molecule has 0 saturated carbocycles. The fourth-order valence-electron chi connectivity index (χ4n) is 3.67. The van der Waals surface area contributed by atoms with Crippen LogP contribution in [-0.4, -0.2) is 35.2 Å². The van der Waals surface area contributed by atoms with Crippen LogP contribution in [0.25, 0.3) is 55.0 Å². The van der Waals surface area contributed by atoms with Crippen molar-refractivity contribution in [3.8, 4) is 38.8 Å². The molecule has 9 heteroatoms. The Kier molecular flexibility index (Phi) is 3.84. The normalized spacial score (nSPS) is 11.5. The van der Waals surface area contributed by atoms with Crippen LogP contribution in [0.5, 0.6) is 5.75 Å². The van der Waals surface area contributed by atoms with Crippen molar-refractivity contribution in [2.75, 3.05) is 0 Å². The van der Waals surface area contributed by atoms with Gasteiger partial charge in [0.2, 0.25) is 0 Å². The minimum absolute atomic E-state index is 0.0886. The van der Waals surface area contributed by atoms with E-state index in [4.69, 9.17) is 0 Å². The first-order valence-corrected chi connectivity index (χ1v) is 10.2. The number of pyridine rings is 3. The molecule has 0 atom stereocenters. The maximum absolute atomic E-state index is 13.6. The smallest absolute Gasteiger partial charge is 0.177 e. The number of aromatic nitrogens is 6. The van der Waals surface area contributed by atoms with Gasteiger partial charge >= 0.3 is 0 Å². The number of fused-ring (bicyclic) bond motifs is 2. The van der Waals surface area contributed by atoms with E-state index in [0.29, 0.717) is 11.3 Å². The SMILES string of the molecule is Oc1cncc(-c2cnc3[nH]nc(-c4cc5c(-c6ccc(F)s6)nccc5[nH]4)c3c2)c1. The molecule has 31 heavy (non-hydrogen) atoms. The fourth-order valence-corrected chi connectivity index (χ4v) is 4.41. The first-order valence-electron chi connectivity index (χ1n) is 9.38. The van der Waals surface area contributed by atoms with Crippen molar-refractivity contribution < 1.29 is 9.50 Å². The van der Waals surface area contributed by atoms with Crippen molar-refractivity contribution in [1.29, 1.82) is 0 Å². The monoisotopic (exact) mass is 428 g/mol. The average Bonchev–Trinajstić information content (AvgIpc) is 3.50. The maximum Gasteiger partial charge on any atom is 0.177 e. The highest BCUT2D eigenvalue weighted by atomic mass is 32.1. The summed E-state index contributed by atoms with van der Waals surface area (Å²) < 4.78 is 13.6. The number of nitrogens with one attached hydrogen (secondary N) is 2. The lowest BCUT2D eigenvalue weighted by Crippen LogP contribution is -1.84.